The van der Waals surface area contributed by atoms with E-state index in [2.05, 4.69) is 138 Å². The quantitative estimate of drug-likeness (QED) is 0.244. The summed E-state index contributed by atoms with van der Waals surface area (Å²) in [5, 5.41) is 2.68. The molecule has 5 rings (SSSR count). The van der Waals surface area contributed by atoms with Gasteiger partial charge in [0.25, 0.3) is 0 Å². The van der Waals surface area contributed by atoms with Gasteiger partial charge in [0.05, 0.1) is 0 Å². The molecule has 6 heteroatoms. The Labute approximate surface area is 228 Å². The standard InChI is InChI=1S/C17H26BrNSi.C13H17N3.H2/c1-12(2)20(13(3)4,14(5)6)19-11-10-15-16(18)8-7-9-17(15)19;1-15-7-9-16(10-8-15)13-4-2-3-12-11(13)5-6-14-12;/h7-14H,1-6H3;2-6,14H,7-10H2,1H3;1H. The van der Waals surface area contributed by atoms with E-state index in [0.29, 0.717) is 0 Å². The second-order valence-electron chi connectivity index (χ2n) is 11.2. The Balaban J connectivity index is 0.000000204. The van der Waals surface area contributed by atoms with Crippen molar-refractivity contribution in [2.24, 2.45) is 0 Å². The number of rotatable bonds is 5. The highest BCUT2D eigenvalue weighted by Crippen LogP contribution is 2.44. The molecule has 2 aromatic heterocycles. The molecule has 4 nitrogen and oxygen atoms in total. The van der Waals surface area contributed by atoms with E-state index in [1.165, 1.54) is 32.0 Å². The van der Waals surface area contributed by atoms with Crippen LogP contribution in [0.2, 0.25) is 16.6 Å². The van der Waals surface area contributed by atoms with Crippen molar-refractivity contribution >= 4 is 51.7 Å². The molecule has 1 N–H and O–H groups in total. The van der Waals surface area contributed by atoms with Crippen LogP contribution in [-0.4, -0.2) is 55.6 Å². The lowest BCUT2D eigenvalue weighted by Gasteiger charge is -2.44. The minimum atomic E-state index is -1.64. The maximum Gasteiger partial charge on any atom is 0.169 e. The number of H-pyrrole nitrogens is 1. The molecule has 1 fully saturated rings. The summed E-state index contributed by atoms with van der Waals surface area (Å²) in [4.78, 5) is 8.14. The molecular weight excluding hydrogens is 524 g/mol. The number of anilines is 1. The van der Waals surface area contributed by atoms with Crippen LogP contribution in [0.15, 0.2) is 65.4 Å². The van der Waals surface area contributed by atoms with Gasteiger partial charge in [0.1, 0.15) is 0 Å². The van der Waals surface area contributed by atoms with E-state index in [4.69, 9.17) is 0 Å². The van der Waals surface area contributed by atoms with Gasteiger partial charge in [-0.2, -0.15) is 0 Å². The Hall–Kier alpha value is -2.02. The van der Waals surface area contributed by atoms with Gasteiger partial charge in [-0.15, -0.1) is 0 Å². The van der Waals surface area contributed by atoms with Crippen molar-refractivity contribution in [2.45, 2.75) is 58.2 Å². The molecule has 0 aliphatic carbocycles. The maximum absolute atomic E-state index is 3.69. The molecule has 0 bridgehead atoms. The van der Waals surface area contributed by atoms with Gasteiger partial charge in [-0.25, -0.2) is 0 Å². The molecule has 196 valence electrons. The first kappa shape index (κ1) is 27.0. The largest absolute Gasteiger partial charge is 0.373 e. The van der Waals surface area contributed by atoms with E-state index in [0.717, 1.165) is 42.8 Å². The van der Waals surface area contributed by atoms with Crippen LogP contribution < -0.4 is 4.90 Å². The minimum absolute atomic E-state index is 0. The number of nitrogens with one attached hydrogen (secondary N) is 1. The van der Waals surface area contributed by atoms with Gasteiger partial charge in [0.2, 0.25) is 0 Å². The van der Waals surface area contributed by atoms with Crippen LogP contribution >= 0.6 is 15.9 Å². The maximum atomic E-state index is 3.69. The molecule has 1 saturated heterocycles. The monoisotopic (exact) mass is 568 g/mol. The summed E-state index contributed by atoms with van der Waals surface area (Å²) < 4.78 is 3.86. The molecule has 3 heterocycles. The average Bonchev–Trinajstić information content (AvgIpc) is 3.48. The predicted octanol–water partition coefficient (Wildman–Crippen LogP) is 8.59. The highest BCUT2D eigenvalue weighted by molar-refractivity contribution is 9.10. The van der Waals surface area contributed by atoms with Gasteiger partial charge in [0, 0.05) is 65.8 Å². The van der Waals surface area contributed by atoms with Crippen molar-refractivity contribution in [3.8, 4) is 0 Å². The number of piperazine rings is 1. The van der Waals surface area contributed by atoms with Crippen LogP contribution in [0, 0.1) is 0 Å². The summed E-state index contributed by atoms with van der Waals surface area (Å²) in [5.74, 6) is 0. The molecular formula is C30H45BrN4Si. The Kier molecular flexibility index (Phi) is 8.37. The van der Waals surface area contributed by atoms with E-state index in [9.17, 15) is 0 Å². The molecule has 0 atom stereocenters. The van der Waals surface area contributed by atoms with Crippen molar-refractivity contribution in [3.63, 3.8) is 0 Å². The molecule has 0 spiro atoms. The van der Waals surface area contributed by atoms with Crippen molar-refractivity contribution < 1.29 is 1.43 Å². The van der Waals surface area contributed by atoms with E-state index in [1.807, 2.05) is 6.20 Å². The number of nitrogens with zero attached hydrogens (tertiary/aromatic N) is 3. The smallest absolute Gasteiger partial charge is 0.169 e. The number of aromatic nitrogens is 2. The summed E-state index contributed by atoms with van der Waals surface area (Å²) in [5.41, 5.74) is 6.15. The molecule has 0 amide bonds. The summed E-state index contributed by atoms with van der Waals surface area (Å²) in [6.07, 6.45) is 4.35. The summed E-state index contributed by atoms with van der Waals surface area (Å²) >= 11 is 3.69. The Bertz CT molecular complexity index is 1270. The van der Waals surface area contributed by atoms with Gasteiger partial charge in [-0.3, -0.25) is 0 Å². The third kappa shape index (κ3) is 4.92. The third-order valence-electron chi connectivity index (χ3n) is 8.29. The molecule has 1 aliphatic heterocycles. The molecule has 0 saturated carbocycles. The zero-order valence-electron chi connectivity index (χ0n) is 23.1. The zero-order chi connectivity index (χ0) is 26.0. The van der Waals surface area contributed by atoms with Crippen LogP contribution in [0.5, 0.6) is 0 Å². The fraction of sp³-hybridized carbons (Fsp3) is 0.467. The molecule has 0 radical (unpaired) electrons. The fourth-order valence-electron chi connectivity index (χ4n) is 6.69. The van der Waals surface area contributed by atoms with Gasteiger partial charge >= 0.3 is 0 Å². The summed E-state index contributed by atoms with van der Waals surface area (Å²) in [6.45, 7) is 19.0. The highest BCUT2D eigenvalue weighted by atomic mass is 79.9. The van der Waals surface area contributed by atoms with E-state index < -0.39 is 8.24 Å². The van der Waals surface area contributed by atoms with Crippen LogP contribution in [0.25, 0.3) is 21.8 Å². The summed E-state index contributed by atoms with van der Waals surface area (Å²) in [6, 6.07) is 17.5. The van der Waals surface area contributed by atoms with E-state index in [1.54, 1.807) is 0 Å². The SMILES string of the molecule is CC(C)[Si](C(C)C)(C(C)C)n1ccc2c(Br)cccc21.CN1CCN(c2cccc3[nH]ccc23)CC1.[HH]. The number of likely N-dealkylation sites (N-methyl/N-ethyl adjacent to an activating group) is 1. The minimum Gasteiger partial charge on any atom is -0.373 e. The average molecular weight is 570 g/mol. The van der Waals surface area contributed by atoms with Crippen LogP contribution in [0.4, 0.5) is 5.69 Å². The van der Waals surface area contributed by atoms with Gasteiger partial charge in [-0.1, -0.05) is 69.6 Å². The fourth-order valence-corrected chi connectivity index (χ4v) is 13.8. The zero-order valence-corrected chi connectivity index (χ0v) is 25.6. The third-order valence-corrected chi connectivity index (χ3v) is 15.8. The van der Waals surface area contributed by atoms with Crippen molar-refractivity contribution in [1.82, 2.24) is 14.1 Å². The number of aromatic amines is 1. The van der Waals surface area contributed by atoms with Gasteiger partial charge in [-0.05, 0) is 66.3 Å². The number of hydrogen-bond acceptors (Lipinski definition) is 2. The highest BCUT2D eigenvalue weighted by Gasteiger charge is 2.45. The topological polar surface area (TPSA) is 27.2 Å². The van der Waals surface area contributed by atoms with E-state index >= 15 is 0 Å². The second-order valence-corrected chi connectivity index (χ2v) is 17.8. The van der Waals surface area contributed by atoms with Crippen molar-refractivity contribution in [2.75, 3.05) is 38.1 Å². The lowest BCUT2D eigenvalue weighted by molar-refractivity contribution is 0.313. The first-order valence-electron chi connectivity index (χ1n) is 13.4. The Morgan fingerprint density at radius 1 is 0.806 bits per heavy atom. The van der Waals surface area contributed by atoms with Crippen molar-refractivity contribution in [1.29, 1.82) is 0 Å². The van der Waals surface area contributed by atoms with E-state index in [-0.39, 0.29) is 1.43 Å². The van der Waals surface area contributed by atoms with Gasteiger partial charge < -0.3 is 19.0 Å². The number of fused-ring (bicyclic) bond motifs is 2. The van der Waals surface area contributed by atoms with Crippen molar-refractivity contribution in [3.05, 3.63) is 65.4 Å². The number of hydrogen-bond donors (Lipinski definition) is 1. The molecule has 36 heavy (non-hydrogen) atoms. The van der Waals surface area contributed by atoms with Gasteiger partial charge in [0.15, 0.2) is 8.24 Å². The Morgan fingerprint density at radius 2 is 1.44 bits per heavy atom. The number of benzene rings is 2. The summed E-state index contributed by atoms with van der Waals surface area (Å²) in [7, 11) is 0.546. The second kappa shape index (κ2) is 11.2. The first-order valence-corrected chi connectivity index (χ1v) is 16.4. The van der Waals surface area contributed by atoms with Crippen LogP contribution in [0.1, 0.15) is 43.0 Å². The molecule has 4 aromatic rings. The lowest BCUT2D eigenvalue weighted by atomic mass is 10.2. The van der Waals surface area contributed by atoms with Crippen LogP contribution in [0.3, 0.4) is 0 Å². The molecule has 1 aliphatic rings. The Morgan fingerprint density at radius 3 is 2.08 bits per heavy atom. The normalized spacial score (nSPS) is 15.4. The molecule has 2 aromatic carbocycles. The first-order chi connectivity index (χ1) is 17.2. The lowest BCUT2D eigenvalue weighted by Crippen LogP contribution is -2.51. The predicted molar refractivity (Wildman–Crippen MR) is 166 cm³/mol. The molecule has 0 unspecified atom stereocenters. The number of halogens is 1. The van der Waals surface area contributed by atoms with Crippen LogP contribution in [-0.2, 0) is 0 Å².